The molecule has 5 heteroatoms. The zero-order chi connectivity index (χ0) is 13.9. The molecular formula is C14H12F3NO. The molecule has 0 amide bonds. The topological polar surface area (TPSA) is 22.1 Å². The maximum absolute atomic E-state index is 12.5. The van der Waals surface area contributed by atoms with Gasteiger partial charge in [0.25, 0.3) is 0 Å². The van der Waals surface area contributed by atoms with E-state index in [1.54, 1.807) is 12.1 Å². The van der Waals surface area contributed by atoms with Crippen molar-refractivity contribution in [1.82, 2.24) is 4.98 Å². The van der Waals surface area contributed by atoms with Gasteiger partial charge in [-0.05, 0) is 30.2 Å². The molecule has 2 rings (SSSR count). The van der Waals surface area contributed by atoms with Crippen LogP contribution in [0.5, 0.6) is 11.6 Å². The number of hydrogen-bond acceptors (Lipinski definition) is 2. The Morgan fingerprint density at radius 3 is 2.32 bits per heavy atom. The molecule has 0 aliphatic carbocycles. The molecule has 1 aromatic carbocycles. The Labute approximate surface area is 108 Å². The second-order valence-electron chi connectivity index (χ2n) is 3.96. The third kappa shape index (κ3) is 3.47. The highest BCUT2D eigenvalue weighted by molar-refractivity contribution is 5.31. The Kier molecular flexibility index (Phi) is 3.74. The van der Waals surface area contributed by atoms with Crippen LogP contribution in [0.1, 0.15) is 18.2 Å². The second-order valence-corrected chi connectivity index (χ2v) is 3.96. The summed E-state index contributed by atoms with van der Waals surface area (Å²) in [6.45, 7) is 2.02. The summed E-state index contributed by atoms with van der Waals surface area (Å²) in [6.07, 6.45) is -3.58. The van der Waals surface area contributed by atoms with Crippen molar-refractivity contribution < 1.29 is 17.9 Å². The van der Waals surface area contributed by atoms with E-state index in [4.69, 9.17) is 4.74 Å². The van der Waals surface area contributed by atoms with Crippen LogP contribution < -0.4 is 4.74 Å². The first-order valence-electron chi connectivity index (χ1n) is 5.80. The van der Waals surface area contributed by atoms with Crippen molar-refractivity contribution in [2.45, 2.75) is 19.5 Å². The van der Waals surface area contributed by atoms with Gasteiger partial charge in [-0.2, -0.15) is 13.2 Å². The van der Waals surface area contributed by atoms with Gasteiger partial charge in [0.1, 0.15) is 11.4 Å². The highest BCUT2D eigenvalue weighted by atomic mass is 19.4. The number of pyridine rings is 1. The molecule has 0 fully saturated rings. The van der Waals surface area contributed by atoms with Crippen LogP contribution in [0.4, 0.5) is 13.2 Å². The normalized spacial score (nSPS) is 11.4. The quantitative estimate of drug-likeness (QED) is 0.819. The van der Waals surface area contributed by atoms with E-state index in [-0.39, 0.29) is 5.88 Å². The zero-order valence-corrected chi connectivity index (χ0v) is 10.2. The molecule has 0 radical (unpaired) electrons. The van der Waals surface area contributed by atoms with Crippen molar-refractivity contribution in [2.24, 2.45) is 0 Å². The minimum Gasteiger partial charge on any atom is -0.439 e. The molecule has 1 heterocycles. The second kappa shape index (κ2) is 5.30. The fraction of sp³-hybridized carbons (Fsp3) is 0.214. The Balaban J connectivity index is 2.18. The summed E-state index contributed by atoms with van der Waals surface area (Å²) < 4.78 is 42.8. The lowest BCUT2D eigenvalue weighted by molar-refractivity contribution is -0.141. The van der Waals surface area contributed by atoms with Gasteiger partial charge in [-0.3, -0.25) is 0 Å². The molecule has 100 valence electrons. The van der Waals surface area contributed by atoms with E-state index in [0.717, 1.165) is 18.1 Å². The molecule has 2 aromatic rings. The van der Waals surface area contributed by atoms with Gasteiger partial charge in [0.05, 0.1) is 0 Å². The number of nitrogens with zero attached hydrogens (tertiary/aromatic N) is 1. The molecule has 0 saturated heterocycles. The minimum absolute atomic E-state index is 0.0703. The number of halogens is 3. The Morgan fingerprint density at radius 1 is 1.05 bits per heavy atom. The number of ether oxygens (including phenoxy) is 1. The molecule has 0 bridgehead atoms. The highest BCUT2D eigenvalue weighted by Gasteiger charge is 2.32. The monoisotopic (exact) mass is 267 g/mol. The molecule has 2 nitrogen and oxygen atoms in total. The third-order valence-corrected chi connectivity index (χ3v) is 2.57. The van der Waals surface area contributed by atoms with Crippen molar-refractivity contribution in [3.8, 4) is 11.6 Å². The van der Waals surface area contributed by atoms with E-state index in [1.165, 1.54) is 12.1 Å². The fourth-order valence-corrected chi connectivity index (χ4v) is 1.54. The first-order chi connectivity index (χ1) is 8.99. The fourth-order valence-electron chi connectivity index (χ4n) is 1.54. The number of rotatable bonds is 3. The van der Waals surface area contributed by atoms with Crippen LogP contribution in [-0.4, -0.2) is 4.98 Å². The van der Waals surface area contributed by atoms with Crippen LogP contribution in [0.3, 0.4) is 0 Å². The lowest BCUT2D eigenvalue weighted by Crippen LogP contribution is -2.07. The summed E-state index contributed by atoms with van der Waals surface area (Å²) >= 11 is 0. The van der Waals surface area contributed by atoms with E-state index < -0.39 is 11.9 Å². The van der Waals surface area contributed by atoms with Crippen LogP contribution in [0.25, 0.3) is 0 Å². The number of aryl methyl sites for hydroxylation is 1. The molecule has 0 aliphatic heterocycles. The Bertz CT molecular complexity index is 549. The van der Waals surface area contributed by atoms with Gasteiger partial charge < -0.3 is 4.74 Å². The zero-order valence-electron chi connectivity index (χ0n) is 10.2. The SMILES string of the molecule is CCc1ccc(Oc2cccc(C(F)(F)F)n2)cc1. The summed E-state index contributed by atoms with van der Waals surface area (Å²) in [6, 6.07) is 10.7. The molecule has 0 aliphatic rings. The summed E-state index contributed by atoms with van der Waals surface area (Å²) in [5.74, 6) is 0.392. The first-order valence-corrected chi connectivity index (χ1v) is 5.80. The van der Waals surface area contributed by atoms with Gasteiger partial charge in [-0.25, -0.2) is 4.98 Å². The first kappa shape index (κ1) is 13.4. The highest BCUT2D eigenvalue weighted by Crippen LogP contribution is 2.29. The van der Waals surface area contributed by atoms with E-state index in [0.29, 0.717) is 5.75 Å². The van der Waals surface area contributed by atoms with Gasteiger partial charge in [0.15, 0.2) is 0 Å². The maximum Gasteiger partial charge on any atom is 0.433 e. The smallest absolute Gasteiger partial charge is 0.433 e. The third-order valence-electron chi connectivity index (χ3n) is 2.57. The van der Waals surface area contributed by atoms with Crippen molar-refractivity contribution in [2.75, 3.05) is 0 Å². The van der Waals surface area contributed by atoms with E-state index in [2.05, 4.69) is 4.98 Å². The summed E-state index contributed by atoms with van der Waals surface area (Å²) in [7, 11) is 0. The molecule has 0 unspecified atom stereocenters. The summed E-state index contributed by atoms with van der Waals surface area (Å²) in [4.78, 5) is 3.43. The van der Waals surface area contributed by atoms with Crippen LogP contribution in [0.2, 0.25) is 0 Å². The molecule has 0 saturated carbocycles. The van der Waals surface area contributed by atoms with Gasteiger partial charge in [-0.15, -0.1) is 0 Å². The summed E-state index contributed by atoms with van der Waals surface area (Å²) in [5.41, 5.74) is 0.166. The predicted octanol–water partition coefficient (Wildman–Crippen LogP) is 4.46. The number of aromatic nitrogens is 1. The largest absolute Gasteiger partial charge is 0.439 e. The lowest BCUT2D eigenvalue weighted by atomic mass is 10.2. The van der Waals surface area contributed by atoms with Crippen molar-refractivity contribution in [3.63, 3.8) is 0 Å². The predicted molar refractivity (Wildman–Crippen MR) is 65.1 cm³/mol. The summed E-state index contributed by atoms with van der Waals surface area (Å²) in [5, 5.41) is 0. The van der Waals surface area contributed by atoms with Crippen molar-refractivity contribution in [3.05, 3.63) is 53.7 Å². The van der Waals surface area contributed by atoms with E-state index in [1.807, 2.05) is 19.1 Å². The van der Waals surface area contributed by atoms with E-state index >= 15 is 0 Å². The molecule has 0 atom stereocenters. The number of alkyl halides is 3. The van der Waals surface area contributed by atoms with Gasteiger partial charge in [-0.1, -0.05) is 25.1 Å². The average Bonchev–Trinajstić information content (AvgIpc) is 2.39. The van der Waals surface area contributed by atoms with E-state index in [9.17, 15) is 13.2 Å². The number of benzene rings is 1. The Morgan fingerprint density at radius 2 is 1.74 bits per heavy atom. The molecule has 0 N–H and O–H groups in total. The lowest BCUT2D eigenvalue weighted by Gasteiger charge is -2.09. The standard InChI is InChI=1S/C14H12F3NO/c1-2-10-6-8-11(9-7-10)19-13-5-3-4-12(18-13)14(15,16)17/h3-9H,2H2,1H3. The van der Waals surface area contributed by atoms with Crippen LogP contribution in [-0.2, 0) is 12.6 Å². The molecule has 1 aromatic heterocycles. The number of hydrogen-bond donors (Lipinski definition) is 0. The molecule has 0 spiro atoms. The van der Waals surface area contributed by atoms with Crippen molar-refractivity contribution in [1.29, 1.82) is 0 Å². The van der Waals surface area contributed by atoms with Gasteiger partial charge in [0, 0.05) is 6.07 Å². The van der Waals surface area contributed by atoms with Crippen molar-refractivity contribution >= 4 is 0 Å². The van der Waals surface area contributed by atoms with Crippen LogP contribution in [0, 0.1) is 0 Å². The van der Waals surface area contributed by atoms with Gasteiger partial charge in [0.2, 0.25) is 5.88 Å². The van der Waals surface area contributed by atoms with Gasteiger partial charge >= 0.3 is 6.18 Å². The maximum atomic E-state index is 12.5. The van der Waals surface area contributed by atoms with Crippen LogP contribution >= 0.6 is 0 Å². The molecular weight excluding hydrogens is 255 g/mol. The minimum atomic E-state index is -4.47. The molecule has 19 heavy (non-hydrogen) atoms. The Hall–Kier alpha value is -2.04. The van der Waals surface area contributed by atoms with Crippen LogP contribution in [0.15, 0.2) is 42.5 Å². The average molecular weight is 267 g/mol.